The molecule has 0 aromatic heterocycles. The van der Waals surface area contributed by atoms with Crippen molar-refractivity contribution in [3.05, 3.63) is 0 Å². The molecule has 1 aliphatic heterocycles. The molecule has 0 aliphatic carbocycles. The summed E-state index contributed by atoms with van der Waals surface area (Å²) in [6.07, 6.45) is -2.26. The summed E-state index contributed by atoms with van der Waals surface area (Å²) < 4.78 is 48.6. The summed E-state index contributed by atoms with van der Waals surface area (Å²) in [5, 5.41) is 2.44. The summed E-state index contributed by atoms with van der Waals surface area (Å²) in [6.45, 7) is -2.63. The zero-order valence-corrected chi connectivity index (χ0v) is 9.91. The Balaban J connectivity index is 2.91. The molecule has 84 valence electrons. The van der Waals surface area contributed by atoms with Crippen LogP contribution in [0.2, 0.25) is 0 Å². The van der Waals surface area contributed by atoms with Crippen LogP contribution in [0.5, 0.6) is 0 Å². The molecule has 0 radical (unpaired) electrons. The molecule has 1 heterocycles. The maximum absolute atomic E-state index is 12.5. The third-order valence-corrected chi connectivity index (χ3v) is 4.05. The van der Waals surface area contributed by atoms with E-state index in [1.165, 1.54) is 4.67 Å². The second-order valence-corrected chi connectivity index (χ2v) is 5.42. The normalized spacial score (nSPS) is 39.6. The first-order valence-corrected chi connectivity index (χ1v) is 6.76. The molecule has 0 saturated carbocycles. The summed E-state index contributed by atoms with van der Waals surface area (Å²) in [4.78, 5) is 0. The van der Waals surface area contributed by atoms with Crippen molar-refractivity contribution < 1.29 is 14.6 Å². The Morgan fingerprint density at radius 2 is 2.14 bits per heavy atom. The number of nitrogens with one attached hydrogen (secondary N) is 1. The molecule has 7 heteroatoms. The topological polar surface area (TPSA) is 41.6 Å². The highest BCUT2D eigenvalue weighted by atomic mass is 35.5. The summed E-state index contributed by atoms with van der Waals surface area (Å²) in [6, 6.07) is 0. The quantitative estimate of drug-likeness (QED) is 0.608. The number of rotatable bonds is 5. The van der Waals surface area contributed by atoms with Gasteiger partial charge < -0.3 is 4.52 Å². The van der Waals surface area contributed by atoms with Gasteiger partial charge in [-0.15, -0.1) is 23.2 Å². The van der Waals surface area contributed by atoms with Gasteiger partial charge in [-0.05, 0) is 6.37 Å². The van der Waals surface area contributed by atoms with E-state index in [2.05, 4.69) is 5.09 Å². The van der Waals surface area contributed by atoms with Crippen LogP contribution in [0.4, 0.5) is 0 Å². The van der Waals surface area contributed by atoms with E-state index >= 15 is 0 Å². The molecule has 4 nitrogen and oxygen atoms in total. The van der Waals surface area contributed by atoms with Crippen LogP contribution in [0, 0.1) is 0 Å². The zero-order chi connectivity index (χ0) is 14.0. The van der Waals surface area contributed by atoms with E-state index in [4.69, 9.17) is 33.2 Å². The molecular formula is C7H15Cl2N2O2P. The second-order valence-electron chi connectivity index (χ2n) is 2.56. The van der Waals surface area contributed by atoms with Crippen molar-refractivity contribution in [3.8, 4) is 0 Å². The van der Waals surface area contributed by atoms with Crippen molar-refractivity contribution in [1.29, 1.82) is 0 Å². The number of alkyl halides is 2. The third kappa shape index (κ3) is 3.37. The van der Waals surface area contributed by atoms with Gasteiger partial charge in [0.15, 0.2) is 0 Å². The lowest BCUT2D eigenvalue weighted by molar-refractivity contribution is 0.233. The third-order valence-electron chi connectivity index (χ3n) is 1.67. The van der Waals surface area contributed by atoms with Crippen molar-refractivity contribution in [1.82, 2.24) is 9.76 Å². The number of hydrogen-bond donors (Lipinski definition) is 1. The largest absolute Gasteiger partial charge is 0.343 e. The van der Waals surface area contributed by atoms with Gasteiger partial charge in [0, 0.05) is 34.1 Å². The molecule has 0 aromatic carbocycles. The predicted octanol–water partition coefficient (Wildman–Crippen LogP) is 1.88. The van der Waals surface area contributed by atoms with Crippen molar-refractivity contribution >= 4 is 30.9 Å². The summed E-state index contributed by atoms with van der Waals surface area (Å²) >= 11 is 11.2. The van der Waals surface area contributed by atoms with Crippen LogP contribution in [-0.4, -0.2) is 42.6 Å². The maximum Gasteiger partial charge on any atom is 0.343 e. The Kier molecular flexibility index (Phi) is 3.55. The Labute approximate surface area is 100 Å². The molecule has 1 aliphatic rings. The predicted molar refractivity (Wildman–Crippen MR) is 59.2 cm³/mol. The lowest BCUT2D eigenvalue weighted by Gasteiger charge is -2.33. The molecular weight excluding hydrogens is 246 g/mol. The van der Waals surface area contributed by atoms with Crippen molar-refractivity contribution in [2.45, 2.75) is 6.37 Å². The van der Waals surface area contributed by atoms with Crippen LogP contribution in [0.25, 0.3) is 0 Å². The van der Waals surface area contributed by atoms with Gasteiger partial charge >= 0.3 is 7.67 Å². The molecule has 0 bridgehead atoms. The van der Waals surface area contributed by atoms with Crippen molar-refractivity contribution in [2.75, 3.05) is 38.0 Å². The van der Waals surface area contributed by atoms with E-state index in [-0.39, 0.29) is 24.8 Å². The second kappa shape index (κ2) is 6.31. The Bertz CT molecular complexity index is 341. The molecule has 1 N–H and O–H groups in total. The van der Waals surface area contributed by atoms with Gasteiger partial charge in [-0.25, -0.2) is 9.76 Å². The average molecular weight is 265 g/mol. The number of nitrogens with zero attached hydrogens (tertiary/aromatic N) is 1. The fraction of sp³-hybridized carbons (Fsp3) is 1.00. The monoisotopic (exact) mass is 264 g/mol. The van der Waals surface area contributed by atoms with Crippen LogP contribution in [0.15, 0.2) is 0 Å². The first kappa shape index (κ1) is 7.88. The standard InChI is InChI=1S/C7H15Cl2N2O2P/c8-2-5-11(6-3-9)14(12)10-4-1-7-13-14/h1-7H2,(H,10,12)/i1D2,7D2. The minimum Gasteiger partial charge on any atom is -0.306 e. The number of hydrogen-bond acceptors (Lipinski definition) is 2. The van der Waals surface area contributed by atoms with E-state index in [9.17, 15) is 4.57 Å². The average Bonchev–Trinajstić information content (AvgIpc) is 2.24. The van der Waals surface area contributed by atoms with Crippen molar-refractivity contribution in [3.63, 3.8) is 0 Å². The Morgan fingerprint density at radius 3 is 2.64 bits per heavy atom. The van der Waals surface area contributed by atoms with Gasteiger partial charge in [0.25, 0.3) is 0 Å². The molecule has 14 heavy (non-hydrogen) atoms. The van der Waals surface area contributed by atoms with E-state index in [1.54, 1.807) is 0 Å². The van der Waals surface area contributed by atoms with E-state index in [0.717, 1.165) is 0 Å². The Hall–Kier alpha value is 0.690. The van der Waals surface area contributed by atoms with Gasteiger partial charge in [-0.3, -0.25) is 4.57 Å². The summed E-state index contributed by atoms with van der Waals surface area (Å²) in [5.41, 5.74) is 0. The minimum atomic E-state index is -3.66. The maximum atomic E-state index is 12.5. The van der Waals surface area contributed by atoms with Gasteiger partial charge in [0.1, 0.15) is 0 Å². The van der Waals surface area contributed by atoms with Gasteiger partial charge in [0.05, 0.1) is 9.30 Å². The van der Waals surface area contributed by atoms with Gasteiger partial charge in [-0.2, -0.15) is 0 Å². The lowest BCUT2D eigenvalue weighted by Crippen LogP contribution is -2.35. The van der Waals surface area contributed by atoms with Gasteiger partial charge in [-0.1, -0.05) is 0 Å². The summed E-state index contributed by atoms with van der Waals surface area (Å²) in [5.74, 6) is 0.365. The molecule has 1 saturated heterocycles. The Morgan fingerprint density at radius 1 is 1.50 bits per heavy atom. The lowest BCUT2D eigenvalue weighted by atomic mass is 10.5. The highest BCUT2D eigenvalue weighted by molar-refractivity contribution is 7.54. The molecule has 1 unspecified atom stereocenters. The molecule has 1 atom stereocenters. The highest BCUT2D eigenvalue weighted by Crippen LogP contribution is 2.47. The first-order chi connectivity index (χ1) is 8.18. The highest BCUT2D eigenvalue weighted by Gasteiger charge is 2.32. The summed E-state index contributed by atoms with van der Waals surface area (Å²) in [7, 11) is -3.66. The van der Waals surface area contributed by atoms with Crippen LogP contribution in [-0.2, 0) is 9.09 Å². The first-order valence-electron chi connectivity index (χ1n) is 6.12. The molecule has 0 amide bonds. The smallest absolute Gasteiger partial charge is 0.306 e. The fourth-order valence-electron chi connectivity index (χ4n) is 1.03. The number of halogens is 2. The fourth-order valence-corrected chi connectivity index (χ4v) is 3.25. The molecule has 0 aromatic rings. The SMILES string of the molecule is [2H]C1([2H])CNP(=O)(N(CCCl)CCCl)OC1([2H])[2H]. The van der Waals surface area contributed by atoms with Crippen LogP contribution in [0.3, 0.4) is 0 Å². The zero-order valence-electron chi connectivity index (χ0n) is 11.5. The molecule has 1 fully saturated rings. The molecule has 0 spiro atoms. The van der Waals surface area contributed by atoms with E-state index in [0.29, 0.717) is 0 Å². The van der Waals surface area contributed by atoms with Crippen LogP contribution < -0.4 is 5.09 Å². The van der Waals surface area contributed by atoms with E-state index < -0.39 is 27.1 Å². The van der Waals surface area contributed by atoms with Crippen LogP contribution >= 0.6 is 30.9 Å². The molecule has 1 rings (SSSR count). The minimum absolute atomic E-state index is 0.182. The van der Waals surface area contributed by atoms with Crippen LogP contribution in [0.1, 0.15) is 11.9 Å². The van der Waals surface area contributed by atoms with Crippen molar-refractivity contribution in [2.24, 2.45) is 0 Å². The van der Waals surface area contributed by atoms with E-state index in [1.807, 2.05) is 0 Å². The van der Waals surface area contributed by atoms with Gasteiger partial charge in [0.2, 0.25) is 0 Å².